The number of anilines is 1. The Morgan fingerprint density at radius 1 is 0.957 bits per heavy atom. The van der Waals surface area contributed by atoms with E-state index in [9.17, 15) is 8.42 Å². The number of nitrogens with zero attached hydrogens (tertiary/aromatic N) is 2. The van der Waals surface area contributed by atoms with Crippen molar-refractivity contribution >= 4 is 15.8 Å². The second-order valence-electron chi connectivity index (χ2n) is 4.64. The number of methoxy groups -OCH3 is 3. The number of ether oxygens (including phenoxy) is 3. The number of hydrogen-bond donors (Lipinski definition) is 1. The van der Waals surface area contributed by atoms with Crippen LogP contribution in [0.5, 0.6) is 17.2 Å². The van der Waals surface area contributed by atoms with Gasteiger partial charge in [0.1, 0.15) is 0 Å². The Bertz CT molecular complexity index is 811. The summed E-state index contributed by atoms with van der Waals surface area (Å²) in [7, 11) is 0.939. The monoisotopic (exact) mass is 339 g/mol. The van der Waals surface area contributed by atoms with Crippen LogP contribution in [0.2, 0.25) is 0 Å². The number of rotatable bonds is 5. The van der Waals surface area contributed by atoms with Crippen LogP contribution in [0.3, 0.4) is 0 Å². The molecule has 0 unspecified atom stereocenters. The van der Waals surface area contributed by atoms with E-state index in [2.05, 4.69) is 9.97 Å². The molecule has 0 bridgehead atoms. The minimum atomic E-state index is -3.52. The van der Waals surface area contributed by atoms with Gasteiger partial charge in [-0.25, -0.2) is 18.4 Å². The maximum absolute atomic E-state index is 11.7. The number of sulfone groups is 1. The van der Waals surface area contributed by atoms with Gasteiger partial charge >= 0.3 is 0 Å². The highest BCUT2D eigenvalue weighted by molar-refractivity contribution is 7.90. The van der Waals surface area contributed by atoms with E-state index in [0.717, 1.165) is 6.26 Å². The normalized spacial score (nSPS) is 11.1. The van der Waals surface area contributed by atoms with Gasteiger partial charge in [0.15, 0.2) is 26.4 Å². The third-order valence-electron chi connectivity index (χ3n) is 3.06. The third kappa shape index (κ3) is 3.45. The predicted molar refractivity (Wildman–Crippen MR) is 84.6 cm³/mol. The van der Waals surface area contributed by atoms with Crippen molar-refractivity contribution in [1.29, 1.82) is 0 Å². The van der Waals surface area contributed by atoms with Crippen LogP contribution in [0, 0.1) is 0 Å². The molecule has 9 heteroatoms. The van der Waals surface area contributed by atoms with E-state index in [0.29, 0.717) is 28.5 Å². The van der Waals surface area contributed by atoms with Gasteiger partial charge < -0.3 is 19.9 Å². The lowest BCUT2D eigenvalue weighted by Crippen LogP contribution is -2.06. The number of hydrogen-bond acceptors (Lipinski definition) is 8. The van der Waals surface area contributed by atoms with E-state index in [1.807, 2.05) is 0 Å². The standard InChI is InChI=1S/C14H17N3O5S/c1-20-10-5-8(6-11(21-2)13(10)22-3)9-7-12(23(4,18)19)17-14(15)16-9/h5-7H,1-4H3,(H2,15,16,17). The molecule has 1 heterocycles. The summed E-state index contributed by atoms with van der Waals surface area (Å²) in [5.41, 5.74) is 6.50. The van der Waals surface area contributed by atoms with Gasteiger partial charge in [-0.05, 0) is 12.1 Å². The molecule has 0 saturated heterocycles. The Balaban J connectivity index is 2.69. The number of nitrogen functional groups attached to an aromatic ring is 1. The minimum Gasteiger partial charge on any atom is -0.493 e. The molecule has 124 valence electrons. The Hall–Kier alpha value is -2.55. The smallest absolute Gasteiger partial charge is 0.221 e. The van der Waals surface area contributed by atoms with Crippen molar-refractivity contribution in [3.63, 3.8) is 0 Å². The number of nitrogens with two attached hydrogens (primary N) is 1. The summed E-state index contributed by atoms with van der Waals surface area (Å²) >= 11 is 0. The summed E-state index contributed by atoms with van der Waals surface area (Å²) in [5.74, 6) is 1.11. The summed E-state index contributed by atoms with van der Waals surface area (Å²) in [4.78, 5) is 7.82. The first-order valence-electron chi connectivity index (χ1n) is 6.45. The maximum atomic E-state index is 11.7. The summed E-state index contributed by atoms with van der Waals surface area (Å²) in [6.45, 7) is 0. The van der Waals surface area contributed by atoms with Crippen molar-refractivity contribution in [3.8, 4) is 28.5 Å². The summed E-state index contributed by atoms with van der Waals surface area (Å²) in [6.07, 6.45) is 1.05. The van der Waals surface area contributed by atoms with Crippen molar-refractivity contribution in [2.24, 2.45) is 0 Å². The first-order valence-corrected chi connectivity index (χ1v) is 8.34. The van der Waals surface area contributed by atoms with E-state index in [1.54, 1.807) is 12.1 Å². The van der Waals surface area contributed by atoms with E-state index in [1.165, 1.54) is 27.4 Å². The Kier molecular flexibility index (Phi) is 4.60. The lowest BCUT2D eigenvalue weighted by Gasteiger charge is -2.14. The first-order chi connectivity index (χ1) is 10.8. The van der Waals surface area contributed by atoms with Crippen molar-refractivity contribution in [3.05, 3.63) is 18.2 Å². The molecule has 0 radical (unpaired) electrons. The molecule has 23 heavy (non-hydrogen) atoms. The fourth-order valence-corrected chi connectivity index (χ4v) is 2.59. The molecule has 2 aromatic rings. The van der Waals surface area contributed by atoms with E-state index in [4.69, 9.17) is 19.9 Å². The molecule has 2 N–H and O–H groups in total. The highest BCUT2D eigenvalue weighted by atomic mass is 32.2. The topological polar surface area (TPSA) is 114 Å². The molecule has 0 aliphatic heterocycles. The zero-order valence-corrected chi connectivity index (χ0v) is 14.0. The van der Waals surface area contributed by atoms with Gasteiger partial charge in [-0.3, -0.25) is 0 Å². The van der Waals surface area contributed by atoms with Crippen molar-refractivity contribution in [1.82, 2.24) is 9.97 Å². The molecule has 0 saturated carbocycles. The van der Waals surface area contributed by atoms with Gasteiger partial charge in [-0.15, -0.1) is 0 Å². The molecule has 2 rings (SSSR count). The molecule has 8 nitrogen and oxygen atoms in total. The molecule has 0 aliphatic rings. The number of aromatic nitrogens is 2. The SMILES string of the molecule is COc1cc(-c2cc(S(C)(=O)=O)nc(N)n2)cc(OC)c1OC. The molecule has 0 fully saturated rings. The van der Waals surface area contributed by atoms with Gasteiger partial charge in [0.05, 0.1) is 27.0 Å². The Morgan fingerprint density at radius 3 is 1.96 bits per heavy atom. The molecule has 1 aromatic carbocycles. The second-order valence-corrected chi connectivity index (χ2v) is 6.60. The fraction of sp³-hybridized carbons (Fsp3) is 0.286. The highest BCUT2D eigenvalue weighted by Gasteiger charge is 2.18. The Morgan fingerprint density at radius 2 is 1.52 bits per heavy atom. The summed E-state index contributed by atoms with van der Waals surface area (Å²) in [6, 6.07) is 4.64. The minimum absolute atomic E-state index is 0.142. The quantitative estimate of drug-likeness (QED) is 0.807. The lowest BCUT2D eigenvalue weighted by atomic mass is 10.1. The average Bonchev–Trinajstić information content (AvgIpc) is 2.51. The van der Waals surface area contributed by atoms with Crippen LogP contribution in [-0.4, -0.2) is 46.0 Å². The lowest BCUT2D eigenvalue weighted by molar-refractivity contribution is 0.324. The van der Waals surface area contributed by atoms with Crippen LogP contribution < -0.4 is 19.9 Å². The van der Waals surface area contributed by atoms with Gasteiger partial charge in [-0.1, -0.05) is 0 Å². The molecule has 0 aliphatic carbocycles. The van der Waals surface area contributed by atoms with Crippen LogP contribution in [0.15, 0.2) is 23.2 Å². The van der Waals surface area contributed by atoms with E-state index >= 15 is 0 Å². The highest BCUT2D eigenvalue weighted by Crippen LogP contribution is 2.41. The van der Waals surface area contributed by atoms with Crippen LogP contribution >= 0.6 is 0 Å². The van der Waals surface area contributed by atoms with Crippen LogP contribution in [0.4, 0.5) is 5.95 Å². The predicted octanol–water partition coefficient (Wildman–Crippen LogP) is 1.16. The van der Waals surface area contributed by atoms with E-state index in [-0.39, 0.29) is 11.0 Å². The molecule has 1 aromatic heterocycles. The second kappa shape index (κ2) is 6.29. The summed E-state index contributed by atoms with van der Waals surface area (Å²) in [5, 5.41) is -0.159. The van der Waals surface area contributed by atoms with Gasteiger partial charge in [0.25, 0.3) is 0 Å². The molecule has 0 spiro atoms. The zero-order chi connectivity index (χ0) is 17.2. The number of benzene rings is 1. The molecule has 0 amide bonds. The van der Waals surface area contributed by atoms with Crippen LogP contribution in [0.1, 0.15) is 0 Å². The van der Waals surface area contributed by atoms with E-state index < -0.39 is 9.84 Å². The first kappa shape index (κ1) is 16.8. The van der Waals surface area contributed by atoms with Crippen molar-refractivity contribution in [2.75, 3.05) is 33.3 Å². The largest absolute Gasteiger partial charge is 0.493 e. The zero-order valence-electron chi connectivity index (χ0n) is 13.2. The van der Waals surface area contributed by atoms with Crippen LogP contribution in [0.25, 0.3) is 11.3 Å². The van der Waals surface area contributed by atoms with Crippen molar-refractivity contribution in [2.45, 2.75) is 5.03 Å². The summed E-state index contributed by atoms with van der Waals surface area (Å²) < 4.78 is 39.2. The Labute approximate surface area is 134 Å². The fourth-order valence-electron chi connectivity index (χ4n) is 2.01. The maximum Gasteiger partial charge on any atom is 0.221 e. The third-order valence-corrected chi connectivity index (χ3v) is 4.03. The molecular weight excluding hydrogens is 322 g/mol. The van der Waals surface area contributed by atoms with Gasteiger partial charge in [0, 0.05) is 17.9 Å². The average molecular weight is 339 g/mol. The molecule has 0 atom stereocenters. The molecular formula is C14H17N3O5S. The van der Waals surface area contributed by atoms with Crippen LogP contribution in [-0.2, 0) is 9.84 Å². The van der Waals surface area contributed by atoms with Gasteiger partial charge in [0.2, 0.25) is 11.7 Å². The van der Waals surface area contributed by atoms with Gasteiger partial charge in [-0.2, -0.15) is 0 Å². The van der Waals surface area contributed by atoms with Crippen molar-refractivity contribution < 1.29 is 22.6 Å².